The molecule has 2 heterocycles. The number of carbonyl (C=O) groups is 1. The predicted octanol–water partition coefficient (Wildman–Crippen LogP) is 2.90. The Kier molecular flexibility index (Phi) is 3.34. The van der Waals surface area contributed by atoms with E-state index in [2.05, 4.69) is 6.58 Å². The summed E-state index contributed by atoms with van der Waals surface area (Å²) in [6.45, 7) is 6.03. The maximum Gasteiger partial charge on any atom is 0.237 e. The molecular weight excluding hydrogens is 308 g/mol. The first-order valence-corrected chi connectivity index (χ1v) is 8.13. The van der Waals surface area contributed by atoms with E-state index in [0.29, 0.717) is 24.3 Å². The maximum absolute atomic E-state index is 12.4. The number of fused-ring (bicyclic) bond motifs is 2. The van der Waals surface area contributed by atoms with Crippen molar-refractivity contribution in [3.8, 4) is 11.5 Å². The minimum atomic E-state index is -1.82. The second-order valence-electron chi connectivity index (χ2n) is 6.70. The summed E-state index contributed by atoms with van der Waals surface area (Å²) in [5, 5.41) is 11.1. The molecule has 1 N–H and O–H groups in total. The molecule has 1 aromatic rings. The van der Waals surface area contributed by atoms with Crippen LogP contribution in [0.15, 0.2) is 43.0 Å². The fourth-order valence-corrected chi connectivity index (χ4v) is 4.23. The summed E-state index contributed by atoms with van der Waals surface area (Å²) in [4.78, 5) is 12.4. The summed E-state index contributed by atoms with van der Waals surface area (Å²) >= 11 is 0. The number of ketones is 1. The number of ether oxygens (including phenoxy) is 3. The van der Waals surface area contributed by atoms with Gasteiger partial charge in [0, 0.05) is 5.41 Å². The number of hydrogen-bond acceptors (Lipinski definition) is 5. The quantitative estimate of drug-likeness (QED) is 0.864. The summed E-state index contributed by atoms with van der Waals surface area (Å²) in [5.74, 6) is -0.942. The SMILES string of the molecule is C=CC[C@@]12CC=CC(=O)[C@@]1(O)O[C@H](c1ccc3c(c1)OCO3)[C@H]2C. The first-order chi connectivity index (χ1) is 11.5. The molecule has 0 saturated carbocycles. The van der Waals surface area contributed by atoms with Gasteiger partial charge in [-0.2, -0.15) is 0 Å². The monoisotopic (exact) mass is 328 g/mol. The molecule has 2 aliphatic heterocycles. The van der Waals surface area contributed by atoms with E-state index in [9.17, 15) is 9.90 Å². The molecule has 24 heavy (non-hydrogen) atoms. The lowest BCUT2D eigenvalue weighted by Crippen LogP contribution is -2.54. The van der Waals surface area contributed by atoms with Gasteiger partial charge in [-0.25, -0.2) is 0 Å². The highest BCUT2D eigenvalue weighted by atomic mass is 16.7. The summed E-state index contributed by atoms with van der Waals surface area (Å²) in [6, 6.07) is 5.60. The summed E-state index contributed by atoms with van der Waals surface area (Å²) < 4.78 is 16.8. The van der Waals surface area contributed by atoms with Crippen molar-refractivity contribution in [2.45, 2.75) is 31.7 Å². The highest BCUT2D eigenvalue weighted by Gasteiger charge is 2.66. The summed E-state index contributed by atoms with van der Waals surface area (Å²) in [7, 11) is 0. The molecule has 1 aliphatic carbocycles. The molecule has 4 rings (SSSR count). The van der Waals surface area contributed by atoms with Crippen LogP contribution in [0.4, 0.5) is 0 Å². The Hall–Kier alpha value is -2.11. The van der Waals surface area contributed by atoms with Crippen LogP contribution in [0.2, 0.25) is 0 Å². The fourth-order valence-electron chi connectivity index (χ4n) is 4.23. The lowest BCUT2D eigenvalue weighted by Gasteiger charge is -2.42. The van der Waals surface area contributed by atoms with Crippen molar-refractivity contribution < 1.29 is 24.1 Å². The average Bonchev–Trinajstić information content (AvgIpc) is 3.12. The van der Waals surface area contributed by atoms with E-state index in [-0.39, 0.29) is 12.7 Å². The van der Waals surface area contributed by atoms with Crippen LogP contribution < -0.4 is 9.47 Å². The molecule has 3 aliphatic rings. The smallest absolute Gasteiger partial charge is 0.237 e. The Bertz CT molecular complexity index is 739. The molecule has 0 bridgehead atoms. The molecule has 4 atom stereocenters. The molecule has 126 valence electrons. The minimum Gasteiger partial charge on any atom is -0.454 e. The van der Waals surface area contributed by atoms with E-state index in [1.54, 1.807) is 6.08 Å². The van der Waals surface area contributed by atoms with Crippen LogP contribution in [-0.2, 0) is 9.53 Å². The van der Waals surface area contributed by atoms with Gasteiger partial charge >= 0.3 is 0 Å². The van der Waals surface area contributed by atoms with E-state index in [1.165, 1.54) is 6.08 Å². The van der Waals surface area contributed by atoms with Gasteiger partial charge in [-0.1, -0.05) is 25.1 Å². The van der Waals surface area contributed by atoms with Crippen LogP contribution in [-0.4, -0.2) is 23.5 Å². The van der Waals surface area contributed by atoms with Crippen molar-refractivity contribution in [2.24, 2.45) is 11.3 Å². The molecule has 0 amide bonds. The predicted molar refractivity (Wildman–Crippen MR) is 86.5 cm³/mol. The third-order valence-electron chi connectivity index (χ3n) is 5.62. The molecule has 1 saturated heterocycles. The normalized spacial score (nSPS) is 36.7. The standard InChI is InChI=1S/C19H20O5/c1-3-8-18-9-4-5-16(20)19(18,21)24-17(12(18)2)13-6-7-14-15(10-13)23-11-22-14/h3-7,10,12,17,21H,1,8-9,11H2,2H3/t12-,17+,18+,19-/m1/s1. The molecule has 0 aromatic heterocycles. The molecule has 5 nitrogen and oxygen atoms in total. The molecule has 1 fully saturated rings. The number of benzene rings is 1. The van der Waals surface area contributed by atoms with Crippen molar-refractivity contribution in [1.29, 1.82) is 0 Å². The highest BCUT2D eigenvalue weighted by Crippen LogP contribution is 2.61. The molecule has 1 aromatic carbocycles. The van der Waals surface area contributed by atoms with Crippen LogP contribution >= 0.6 is 0 Å². The van der Waals surface area contributed by atoms with E-state index in [0.717, 1.165) is 5.56 Å². The number of rotatable bonds is 3. The van der Waals surface area contributed by atoms with Crippen LogP contribution in [0.1, 0.15) is 31.4 Å². The molecular formula is C19H20O5. The maximum atomic E-state index is 12.4. The van der Waals surface area contributed by atoms with Crippen molar-refractivity contribution in [3.05, 3.63) is 48.6 Å². The highest BCUT2D eigenvalue weighted by molar-refractivity contribution is 5.97. The van der Waals surface area contributed by atoms with Gasteiger partial charge in [0.25, 0.3) is 0 Å². The van der Waals surface area contributed by atoms with E-state index in [1.807, 2.05) is 31.2 Å². The van der Waals surface area contributed by atoms with E-state index < -0.39 is 23.1 Å². The zero-order valence-corrected chi connectivity index (χ0v) is 13.5. The average molecular weight is 328 g/mol. The zero-order valence-electron chi connectivity index (χ0n) is 13.5. The van der Waals surface area contributed by atoms with E-state index >= 15 is 0 Å². The number of hydrogen-bond donors (Lipinski definition) is 1. The molecule has 0 spiro atoms. The van der Waals surface area contributed by atoms with Crippen LogP contribution in [0.25, 0.3) is 0 Å². The third kappa shape index (κ3) is 1.85. The fraction of sp³-hybridized carbons (Fsp3) is 0.421. The van der Waals surface area contributed by atoms with Gasteiger partial charge in [0.2, 0.25) is 18.4 Å². The van der Waals surface area contributed by atoms with Gasteiger partial charge in [0.1, 0.15) is 0 Å². The van der Waals surface area contributed by atoms with Crippen molar-refractivity contribution >= 4 is 5.78 Å². The number of carbonyl (C=O) groups excluding carboxylic acids is 1. The van der Waals surface area contributed by atoms with Crippen LogP contribution in [0.5, 0.6) is 11.5 Å². The second kappa shape index (κ2) is 5.19. The lowest BCUT2D eigenvalue weighted by molar-refractivity contribution is -0.229. The number of allylic oxidation sites excluding steroid dienone is 2. The Labute approximate surface area is 140 Å². The van der Waals surface area contributed by atoms with E-state index in [4.69, 9.17) is 14.2 Å². The van der Waals surface area contributed by atoms with Crippen molar-refractivity contribution in [3.63, 3.8) is 0 Å². The van der Waals surface area contributed by atoms with Gasteiger partial charge in [-0.05, 0) is 42.5 Å². The van der Waals surface area contributed by atoms with Crippen molar-refractivity contribution in [2.75, 3.05) is 6.79 Å². The number of aliphatic hydroxyl groups is 1. The Morgan fingerprint density at radius 3 is 2.96 bits per heavy atom. The Morgan fingerprint density at radius 1 is 1.38 bits per heavy atom. The molecule has 0 radical (unpaired) electrons. The van der Waals surface area contributed by atoms with Crippen molar-refractivity contribution in [1.82, 2.24) is 0 Å². The first kappa shape index (κ1) is 15.4. The summed E-state index contributed by atoms with van der Waals surface area (Å²) in [5.41, 5.74) is 0.160. The topological polar surface area (TPSA) is 65.0 Å². The molecule has 0 unspecified atom stereocenters. The zero-order chi connectivity index (χ0) is 16.9. The van der Waals surface area contributed by atoms with Gasteiger partial charge in [0.15, 0.2) is 11.5 Å². The Morgan fingerprint density at radius 2 is 2.17 bits per heavy atom. The Balaban J connectivity index is 1.77. The van der Waals surface area contributed by atoms with Gasteiger partial charge in [-0.3, -0.25) is 4.79 Å². The lowest BCUT2D eigenvalue weighted by atomic mass is 9.62. The summed E-state index contributed by atoms with van der Waals surface area (Å²) in [6.07, 6.45) is 5.65. The first-order valence-electron chi connectivity index (χ1n) is 8.13. The van der Waals surface area contributed by atoms with Crippen LogP contribution in [0, 0.1) is 11.3 Å². The minimum absolute atomic E-state index is 0.0743. The third-order valence-corrected chi connectivity index (χ3v) is 5.62. The van der Waals surface area contributed by atoms with Gasteiger partial charge in [0.05, 0.1) is 6.10 Å². The largest absolute Gasteiger partial charge is 0.454 e. The second-order valence-corrected chi connectivity index (χ2v) is 6.70. The van der Waals surface area contributed by atoms with Crippen LogP contribution in [0.3, 0.4) is 0 Å². The molecule has 5 heteroatoms. The van der Waals surface area contributed by atoms with Gasteiger partial charge in [-0.15, -0.1) is 6.58 Å². The van der Waals surface area contributed by atoms with Gasteiger partial charge < -0.3 is 19.3 Å².